The van der Waals surface area contributed by atoms with Crippen LogP contribution in [0.25, 0.3) is 0 Å². The molecule has 1 saturated heterocycles. The Balaban J connectivity index is 1.28. The molecule has 0 spiro atoms. The lowest BCUT2D eigenvalue weighted by Gasteiger charge is -2.30. The van der Waals surface area contributed by atoms with E-state index in [0.29, 0.717) is 36.6 Å². The van der Waals surface area contributed by atoms with Crippen molar-refractivity contribution in [3.8, 4) is 5.75 Å². The number of carbonyl (C=O) groups is 2. The summed E-state index contributed by atoms with van der Waals surface area (Å²) in [4.78, 5) is 25.9. The zero-order valence-corrected chi connectivity index (χ0v) is 23.9. The van der Waals surface area contributed by atoms with Gasteiger partial charge in [-0.25, -0.2) is 14.0 Å². The molecule has 4 rings (SSSR count). The van der Waals surface area contributed by atoms with Gasteiger partial charge in [-0.3, -0.25) is 0 Å². The number of hydrogen-bond donors (Lipinski definition) is 1. The van der Waals surface area contributed by atoms with E-state index in [-0.39, 0.29) is 24.0 Å². The highest BCUT2D eigenvalue weighted by molar-refractivity contribution is 5.99. The molecule has 2 unspecified atom stereocenters. The van der Waals surface area contributed by atoms with Crippen LogP contribution < -0.4 is 10.1 Å². The monoisotopic (exact) mass is 567 g/mol. The first-order chi connectivity index (χ1) is 19.9. The van der Waals surface area contributed by atoms with Crippen molar-refractivity contribution in [1.82, 2.24) is 5.32 Å². The lowest BCUT2D eigenvalue weighted by molar-refractivity contribution is -0.161. The van der Waals surface area contributed by atoms with Crippen LogP contribution in [0.3, 0.4) is 0 Å². The zero-order valence-electron chi connectivity index (χ0n) is 23.9. The van der Waals surface area contributed by atoms with Crippen LogP contribution >= 0.6 is 0 Å². The van der Waals surface area contributed by atoms with E-state index >= 15 is 0 Å². The fourth-order valence-electron chi connectivity index (χ4n) is 5.06. The van der Waals surface area contributed by atoms with Crippen LogP contribution in [0, 0.1) is 5.82 Å². The Labute approximate surface area is 240 Å². The number of benzene rings is 2. The molecule has 0 saturated carbocycles. The first-order valence-corrected chi connectivity index (χ1v) is 14.0. The molecule has 1 fully saturated rings. The maximum Gasteiger partial charge on any atom is 0.336 e. The second-order valence-electron chi connectivity index (χ2n) is 10.1. The number of carbonyl (C=O) groups excluding carboxylic acids is 2. The van der Waals surface area contributed by atoms with Crippen molar-refractivity contribution >= 4 is 11.9 Å². The molecule has 220 valence electrons. The highest BCUT2D eigenvalue weighted by atomic mass is 19.1. The molecule has 0 aliphatic carbocycles. The van der Waals surface area contributed by atoms with Gasteiger partial charge in [-0.1, -0.05) is 24.3 Å². The van der Waals surface area contributed by atoms with Crippen molar-refractivity contribution in [3.05, 3.63) is 88.0 Å². The van der Waals surface area contributed by atoms with Gasteiger partial charge >= 0.3 is 11.9 Å². The number of esters is 2. The van der Waals surface area contributed by atoms with Crippen molar-refractivity contribution in [2.75, 3.05) is 33.5 Å². The first kappa shape index (κ1) is 30.3. The smallest absolute Gasteiger partial charge is 0.336 e. The molecule has 41 heavy (non-hydrogen) atoms. The van der Waals surface area contributed by atoms with Crippen molar-refractivity contribution in [1.29, 1.82) is 0 Å². The van der Waals surface area contributed by atoms with E-state index in [4.69, 9.17) is 23.7 Å². The average Bonchev–Trinajstić information content (AvgIpc) is 2.97. The molecule has 2 heterocycles. The summed E-state index contributed by atoms with van der Waals surface area (Å²) >= 11 is 0. The average molecular weight is 568 g/mol. The lowest BCUT2D eigenvalue weighted by Crippen LogP contribution is -2.32. The Morgan fingerprint density at radius 1 is 0.976 bits per heavy atom. The van der Waals surface area contributed by atoms with Gasteiger partial charge < -0.3 is 29.0 Å². The van der Waals surface area contributed by atoms with E-state index in [9.17, 15) is 14.0 Å². The van der Waals surface area contributed by atoms with Gasteiger partial charge in [0.05, 0.1) is 44.0 Å². The summed E-state index contributed by atoms with van der Waals surface area (Å²) in [6.07, 6.45) is 4.38. The number of dihydropyridines is 1. The molecule has 0 amide bonds. The van der Waals surface area contributed by atoms with Gasteiger partial charge in [0.25, 0.3) is 0 Å². The van der Waals surface area contributed by atoms with E-state index in [1.54, 1.807) is 26.0 Å². The number of allylic oxidation sites excluding steroid dienone is 2. The van der Waals surface area contributed by atoms with Gasteiger partial charge in [0.15, 0.2) is 6.29 Å². The molecule has 0 bridgehead atoms. The molecular weight excluding hydrogens is 529 g/mol. The molecule has 2 aliphatic rings. The third kappa shape index (κ3) is 8.17. The number of rotatable bonds is 12. The van der Waals surface area contributed by atoms with Crippen molar-refractivity contribution in [3.63, 3.8) is 0 Å². The third-order valence-corrected chi connectivity index (χ3v) is 7.11. The van der Waals surface area contributed by atoms with Crippen molar-refractivity contribution in [2.45, 2.75) is 58.2 Å². The fraction of sp³-hybridized carbons (Fsp3) is 0.438. The van der Waals surface area contributed by atoms with Crippen LogP contribution in [0.5, 0.6) is 5.75 Å². The normalized spacial score (nSPS) is 19.0. The van der Waals surface area contributed by atoms with Gasteiger partial charge in [-0.2, -0.15) is 0 Å². The van der Waals surface area contributed by atoms with Crippen LogP contribution in [-0.4, -0.2) is 51.8 Å². The number of nitrogens with one attached hydrogen (secondary N) is 1. The largest absolute Gasteiger partial charge is 0.493 e. The topological polar surface area (TPSA) is 92.3 Å². The standard InChI is InChI=1S/C32H38FNO7/c1-21-28(31(35)37-3)30(24-8-6-9-25(33)20-24)29(22(2)34-21)32(36)41-18-7-17-38-26-13-11-23(12-14-26)15-19-40-27-10-4-5-16-39-27/h6,8-9,11-14,20,27,30,34H,4-5,7,10,15-19H2,1-3H3. The van der Waals surface area contributed by atoms with E-state index in [0.717, 1.165) is 43.6 Å². The number of methoxy groups -OCH3 is 1. The molecular formula is C32H38FNO7. The van der Waals surface area contributed by atoms with E-state index in [1.807, 2.05) is 24.3 Å². The van der Waals surface area contributed by atoms with Gasteiger partial charge in [-0.15, -0.1) is 0 Å². The minimum Gasteiger partial charge on any atom is -0.493 e. The lowest BCUT2D eigenvalue weighted by atomic mass is 9.80. The Morgan fingerprint density at radius 2 is 1.73 bits per heavy atom. The van der Waals surface area contributed by atoms with Crippen LogP contribution in [0.15, 0.2) is 71.1 Å². The highest BCUT2D eigenvalue weighted by Gasteiger charge is 2.37. The molecule has 9 heteroatoms. The predicted molar refractivity (Wildman–Crippen MR) is 150 cm³/mol. The summed E-state index contributed by atoms with van der Waals surface area (Å²) in [5.74, 6) is -1.78. The molecule has 0 radical (unpaired) electrons. The van der Waals surface area contributed by atoms with Crippen LogP contribution in [0.4, 0.5) is 4.39 Å². The summed E-state index contributed by atoms with van der Waals surface area (Å²) in [6.45, 7) is 5.29. The van der Waals surface area contributed by atoms with Crippen molar-refractivity contribution < 1.29 is 37.7 Å². The Bertz CT molecular complexity index is 1270. The Morgan fingerprint density at radius 3 is 2.41 bits per heavy atom. The Kier molecular flexibility index (Phi) is 10.9. The van der Waals surface area contributed by atoms with Crippen LogP contribution in [0.2, 0.25) is 0 Å². The molecule has 2 aliphatic heterocycles. The summed E-state index contributed by atoms with van der Waals surface area (Å²) in [7, 11) is 1.27. The summed E-state index contributed by atoms with van der Waals surface area (Å²) < 4.78 is 41.9. The van der Waals surface area contributed by atoms with Crippen molar-refractivity contribution in [2.24, 2.45) is 0 Å². The van der Waals surface area contributed by atoms with E-state index in [1.165, 1.54) is 19.2 Å². The second-order valence-corrected chi connectivity index (χ2v) is 10.1. The summed E-state index contributed by atoms with van der Waals surface area (Å²) in [6, 6.07) is 13.7. The molecule has 8 nitrogen and oxygen atoms in total. The second kappa shape index (κ2) is 14.8. The van der Waals surface area contributed by atoms with E-state index in [2.05, 4.69) is 5.32 Å². The zero-order chi connectivity index (χ0) is 29.2. The van der Waals surface area contributed by atoms with Gasteiger partial charge in [0.2, 0.25) is 0 Å². The molecule has 1 N–H and O–H groups in total. The molecule has 2 aromatic rings. The van der Waals surface area contributed by atoms with Gasteiger partial charge in [-0.05, 0) is 74.9 Å². The fourth-order valence-corrected chi connectivity index (χ4v) is 5.06. The predicted octanol–water partition coefficient (Wildman–Crippen LogP) is 5.33. The summed E-state index contributed by atoms with van der Waals surface area (Å²) in [5, 5.41) is 3.07. The van der Waals surface area contributed by atoms with Crippen LogP contribution in [0.1, 0.15) is 56.6 Å². The number of hydrogen-bond acceptors (Lipinski definition) is 8. The number of halogens is 1. The molecule has 2 aromatic carbocycles. The molecule has 2 atom stereocenters. The molecule has 0 aromatic heterocycles. The van der Waals surface area contributed by atoms with Gasteiger partial charge in [0, 0.05) is 24.4 Å². The maximum absolute atomic E-state index is 14.1. The van der Waals surface area contributed by atoms with E-state index < -0.39 is 23.7 Å². The maximum atomic E-state index is 14.1. The first-order valence-electron chi connectivity index (χ1n) is 14.0. The van der Waals surface area contributed by atoms with Gasteiger partial charge in [0.1, 0.15) is 11.6 Å². The Hall–Kier alpha value is -3.69. The summed E-state index contributed by atoms with van der Waals surface area (Å²) in [5.41, 5.74) is 3.13. The SMILES string of the molecule is COC(=O)C1=C(C)NC(C)=C(C(=O)OCCCOc2ccc(CCOC3CCCCO3)cc2)C1c1cccc(F)c1. The minimum absolute atomic E-state index is 0.0854. The number of ether oxygens (including phenoxy) is 5. The quantitative estimate of drug-likeness (QED) is 0.272. The minimum atomic E-state index is -0.831. The van der Waals surface area contributed by atoms with Crippen LogP contribution in [-0.2, 0) is 35.0 Å². The third-order valence-electron chi connectivity index (χ3n) is 7.11. The highest BCUT2D eigenvalue weighted by Crippen LogP contribution is 2.39.